The van der Waals surface area contributed by atoms with Gasteiger partial charge in [0, 0.05) is 23.7 Å². The first-order chi connectivity index (χ1) is 21.0. The molecule has 0 saturated heterocycles. The molecule has 0 saturated carbocycles. The number of amides is 1. The number of benzene rings is 2. The third-order valence-electron chi connectivity index (χ3n) is 8.35. The highest BCUT2D eigenvalue weighted by molar-refractivity contribution is 5.96. The molecule has 0 spiro atoms. The molecule has 2 heterocycles. The lowest BCUT2D eigenvalue weighted by Gasteiger charge is -2.33. The number of anilines is 1. The largest absolute Gasteiger partial charge is 0.497 e. The average Bonchev–Trinajstić information content (AvgIpc) is 3.48. The molecular weight excluding hydrogens is 562 g/mol. The van der Waals surface area contributed by atoms with Crippen molar-refractivity contribution < 1.29 is 23.8 Å². The summed E-state index contributed by atoms with van der Waals surface area (Å²) < 4.78 is 12.3. The maximum absolute atomic E-state index is 13.6. The van der Waals surface area contributed by atoms with Gasteiger partial charge in [-0.3, -0.25) is 9.59 Å². The summed E-state index contributed by atoms with van der Waals surface area (Å²) in [6.45, 7) is 10.7. The molecular formula is C33H41N5O6. The SMILES string of the molecule is CCCC[C@@H](C(=O)Nc1ccc2c(C)c(CC(=O)O)c(=O)oc2c1)n1cc([C@@](C)(NCc2ccc(OC)cc2)C(C)C)nn1. The Balaban J connectivity index is 1.57. The number of hydrogen-bond donors (Lipinski definition) is 3. The second-order valence-corrected chi connectivity index (χ2v) is 11.6. The molecule has 0 unspecified atom stereocenters. The molecule has 4 aromatic rings. The minimum absolute atomic E-state index is 0.107. The molecule has 3 N–H and O–H groups in total. The molecule has 4 rings (SSSR count). The Bertz CT molecular complexity index is 1680. The van der Waals surface area contributed by atoms with Gasteiger partial charge in [-0.05, 0) is 61.6 Å². The van der Waals surface area contributed by atoms with Gasteiger partial charge in [0.25, 0.3) is 0 Å². The van der Waals surface area contributed by atoms with E-state index < -0.39 is 29.6 Å². The van der Waals surface area contributed by atoms with Crippen LogP contribution in [0.1, 0.15) is 75.4 Å². The van der Waals surface area contributed by atoms with Crippen LogP contribution in [0.3, 0.4) is 0 Å². The van der Waals surface area contributed by atoms with Crippen molar-refractivity contribution in [2.24, 2.45) is 5.92 Å². The Labute approximate surface area is 256 Å². The van der Waals surface area contributed by atoms with Crippen LogP contribution in [-0.4, -0.2) is 39.1 Å². The molecule has 0 bridgehead atoms. The zero-order valence-corrected chi connectivity index (χ0v) is 26.1. The van der Waals surface area contributed by atoms with E-state index in [2.05, 4.69) is 48.6 Å². The molecule has 0 aliphatic heterocycles. The predicted octanol–water partition coefficient (Wildman–Crippen LogP) is 5.36. The van der Waals surface area contributed by atoms with E-state index in [4.69, 9.17) is 14.3 Å². The highest BCUT2D eigenvalue weighted by atomic mass is 16.5. The van der Waals surface area contributed by atoms with Gasteiger partial charge < -0.3 is 24.9 Å². The van der Waals surface area contributed by atoms with E-state index >= 15 is 0 Å². The molecule has 11 nitrogen and oxygen atoms in total. The minimum atomic E-state index is -1.11. The molecule has 44 heavy (non-hydrogen) atoms. The summed E-state index contributed by atoms with van der Waals surface area (Å²) in [5, 5.41) is 25.3. The number of fused-ring (bicyclic) bond motifs is 1. The van der Waals surface area contributed by atoms with Crippen LogP contribution in [0.15, 0.2) is 57.9 Å². The van der Waals surface area contributed by atoms with E-state index in [1.165, 1.54) is 0 Å². The zero-order valence-electron chi connectivity index (χ0n) is 26.1. The fourth-order valence-electron chi connectivity index (χ4n) is 5.12. The lowest BCUT2D eigenvalue weighted by Crippen LogP contribution is -2.44. The summed E-state index contributed by atoms with van der Waals surface area (Å²) in [4.78, 5) is 37.3. The van der Waals surface area contributed by atoms with E-state index in [0.29, 0.717) is 29.6 Å². The molecule has 0 fully saturated rings. The van der Waals surface area contributed by atoms with Crippen molar-refractivity contribution >= 4 is 28.5 Å². The van der Waals surface area contributed by atoms with Crippen LogP contribution in [0.4, 0.5) is 5.69 Å². The van der Waals surface area contributed by atoms with Gasteiger partial charge in [-0.25, -0.2) is 9.48 Å². The second kappa shape index (κ2) is 13.9. The molecule has 2 aromatic heterocycles. The number of nitrogens with zero attached hydrogens (tertiary/aromatic N) is 3. The number of aliphatic carboxylic acids is 1. The van der Waals surface area contributed by atoms with E-state index in [0.717, 1.165) is 29.8 Å². The predicted molar refractivity (Wildman–Crippen MR) is 168 cm³/mol. The zero-order chi connectivity index (χ0) is 32.0. The molecule has 1 amide bonds. The van der Waals surface area contributed by atoms with Gasteiger partial charge in [0.2, 0.25) is 5.91 Å². The molecule has 0 aliphatic carbocycles. The van der Waals surface area contributed by atoms with Crippen molar-refractivity contribution in [1.82, 2.24) is 20.3 Å². The summed E-state index contributed by atoms with van der Waals surface area (Å²) in [5.41, 5.74) is 1.98. The smallest absolute Gasteiger partial charge is 0.340 e. The second-order valence-electron chi connectivity index (χ2n) is 11.6. The lowest BCUT2D eigenvalue weighted by molar-refractivity contribution is -0.136. The first-order valence-electron chi connectivity index (χ1n) is 14.9. The van der Waals surface area contributed by atoms with Crippen LogP contribution in [0.25, 0.3) is 11.0 Å². The molecule has 0 aliphatic rings. The average molecular weight is 604 g/mol. The standard InChI is InChI=1S/C33H41N5O6/c1-7-8-9-27(31(41)35-23-12-15-25-21(4)26(17-30(39)40)32(42)44-28(25)16-23)38-19-29(36-37-38)33(5,20(2)3)34-18-22-10-13-24(43-6)14-11-22/h10-16,19-20,27,34H,7-9,17-18H2,1-6H3,(H,35,41)(H,39,40)/t27-,33-/m0/s1. The summed E-state index contributed by atoms with van der Waals surface area (Å²) >= 11 is 0. The third kappa shape index (κ3) is 7.16. The first kappa shape index (κ1) is 32.4. The lowest BCUT2D eigenvalue weighted by atomic mass is 9.85. The number of carboxylic acid groups (broad SMARTS) is 1. The molecule has 0 radical (unpaired) electrons. The fraction of sp³-hybridized carbons (Fsp3) is 0.424. The van der Waals surface area contributed by atoms with Crippen molar-refractivity contribution in [2.45, 2.75) is 78.4 Å². The summed E-state index contributed by atoms with van der Waals surface area (Å²) in [5.74, 6) is -0.415. The van der Waals surface area contributed by atoms with Gasteiger partial charge >= 0.3 is 11.6 Å². The maximum atomic E-state index is 13.6. The number of carbonyl (C=O) groups excluding carboxylic acids is 1. The highest BCUT2D eigenvalue weighted by Crippen LogP contribution is 2.30. The minimum Gasteiger partial charge on any atom is -0.497 e. The summed E-state index contributed by atoms with van der Waals surface area (Å²) in [6.07, 6.45) is 3.69. The normalized spacial score (nSPS) is 13.5. The quantitative estimate of drug-likeness (QED) is 0.162. The number of carbonyl (C=O) groups is 2. The third-order valence-corrected chi connectivity index (χ3v) is 8.35. The Morgan fingerprint density at radius 3 is 2.52 bits per heavy atom. The Morgan fingerprint density at radius 2 is 1.89 bits per heavy atom. The monoisotopic (exact) mass is 603 g/mol. The number of hydrogen-bond acceptors (Lipinski definition) is 8. The maximum Gasteiger partial charge on any atom is 0.340 e. The van der Waals surface area contributed by atoms with Crippen LogP contribution in [0, 0.1) is 12.8 Å². The van der Waals surface area contributed by atoms with Gasteiger partial charge in [0.05, 0.1) is 30.8 Å². The van der Waals surface area contributed by atoms with Crippen LogP contribution in [0.2, 0.25) is 0 Å². The van der Waals surface area contributed by atoms with Crippen LogP contribution >= 0.6 is 0 Å². The number of aryl methyl sites for hydroxylation is 1. The highest BCUT2D eigenvalue weighted by Gasteiger charge is 2.34. The Hall–Kier alpha value is -4.51. The molecule has 11 heteroatoms. The van der Waals surface area contributed by atoms with Gasteiger partial charge in [-0.15, -0.1) is 5.10 Å². The summed E-state index contributed by atoms with van der Waals surface area (Å²) in [7, 11) is 1.64. The molecule has 234 valence electrons. The van der Waals surface area contributed by atoms with Crippen molar-refractivity contribution in [2.75, 3.05) is 12.4 Å². The number of ether oxygens (including phenoxy) is 1. The molecule has 2 aromatic carbocycles. The van der Waals surface area contributed by atoms with Crippen molar-refractivity contribution in [3.05, 3.63) is 81.5 Å². The Morgan fingerprint density at radius 1 is 1.16 bits per heavy atom. The van der Waals surface area contributed by atoms with E-state index in [1.54, 1.807) is 36.9 Å². The van der Waals surface area contributed by atoms with Crippen LogP contribution < -0.4 is 21.0 Å². The van der Waals surface area contributed by atoms with E-state index in [1.807, 2.05) is 30.5 Å². The first-order valence-corrected chi connectivity index (χ1v) is 14.9. The molecule has 2 atom stereocenters. The number of aromatic nitrogens is 3. The number of carboxylic acids is 1. The number of methoxy groups -OCH3 is 1. The van der Waals surface area contributed by atoms with Crippen molar-refractivity contribution in [3.8, 4) is 5.75 Å². The van der Waals surface area contributed by atoms with Gasteiger partial charge in [0.15, 0.2) is 0 Å². The van der Waals surface area contributed by atoms with Crippen molar-refractivity contribution in [3.63, 3.8) is 0 Å². The van der Waals surface area contributed by atoms with Crippen LogP contribution in [-0.2, 0) is 28.1 Å². The van der Waals surface area contributed by atoms with E-state index in [9.17, 15) is 14.4 Å². The van der Waals surface area contributed by atoms with E-state index in [-0.39, 0.29) is 23.0 Å². The number of unbranched alkanes of at least 4 members (excludes halogenated alkanes) is 1. The number of nitrogens with one attached hydrogen (secondary N) is 2. The van der Waals surface area contributed by atoms with Gasteiger partial charge in [-0.1, -0.05) is 51.0 Å². The fourth-order valence-corrected chi connectivity index (χ4v) is 5.12. The van der Waals surface area contributed by atoms with Gasteiger partial charge in [-0.2, -0.15) is 0 Å². The van der Waals surface area contributed by atoms with Crippen LogP contribution in [0.5, 0.6) is 5.75 Å². The summed E-state index contributed by atoms with van der Waals surface area (Å²) in [6, 6.07) is 12.3. The topological polar surface area (TPSA) is 149 Å². The van der Waals surface area contributed by atoms with Crippen molar-refractivity contribution in [1.29, 1.82) is 0 Å². The number of rotatable bonds is 14. The van der Waals surface area contributed by atoms with Gasteiger partial charge in [0.1, 0.15) is 23.1 Å². The Kier molecular flexibility index (Phi) is 10.2.